The van der Waals surface area contributed by atoms with E-state index in [1.54, 1.807) is 11.7 Å². The molecule has 1 aromatic carbocycles. The lowest BCUT2D eigenvalue weighted by Gasteiger charge is -2.37. The average Bonchev–Trinajstić information content (AvgIpc) is 3.11. The van der Waals surface area contributed by atoms with Gasteiger partial charge >= 0.3 is 0 Å². The zero-order valence-electron chi connectivity index (χ0n) is 17.1. The highest BCUT2D eigenvalue weighted by molar-refractivity contribution is 5.77. The number of aromatic nitrogens is 4. The lowest BCUT2D eigenvalue weighted by Crippen LogP contribution is -2.49. The molecule has 2 aromatic heterocycles. The highest BCUT2D eigenvalue weighted by atomic mass is 16.2. The lowest BCUT2D eigenvalue weighted by atomic mass is 10.1. The largest absolute Gasteiger partial charge is 0.368 e. The van der Waals surface area contributed by atoms with Crippen LogP contribution in [0.4, 0.5) is 5.69 Å². The van der Waals surface area contributed by atoms with Gasteiger partial charge in [-0.2, -0.15) is 5.10 Å². The van der Waals surface area contributed by atoms with Crippen LogP contribution in [0.3, 0.4) is 0 Å². The van der Waals surface area contributed by atoms with E-state index in [1.807, 2.05) is 4.90 Å². The molecule has 3 aromatic rings. The second-order valence-electron chi connectivity index (χ2n) is 7.59. The first-order valence-electron chi connectivity index (χ1n) is 9.92. The average molecular weight is 394 g/mol. The van der Waals surface area contributed by atoms with Crippen molar-refractivity contribution >= 4 is 22.6 Å². The molecule has 1 aliphatic rings. The number of amides is 1. The van der Waals surface area contributed by atoms with Gasteiger partial charge < -0.3 is 9.80 Å². The zero-order valence-corrected chi connectivity index (χ0v) is 17.1. The molecule has 0 aliphatic carbocycles. The third-order valence-corrected chi connectivity index (χ3v) is 5.83. The number of anilines is 1. The van der Waals surface area contributed by atoms with Gasteiger partial charge in [0.25, 0.3) is 5.56 Å². The molecule has 0 saturated carbocycles. The van der Waals surface area contributed by atoms with Crippen LogP contribution in [0.1, 0.15) is 17.5 Å². The first-order valence-corrected chi connectivity index (χ1v) is 9.92. The van der Waals surface area contributed by atoms with Crippen LogP contribution in [0.5, 0.6) is 0 Å². The van der Waals surface area contributed by atoms with Crippen molar-refractivity contribution in [2.45, 2.75) is 26.8 Å². The summed E-state index contributed by atoms with van der Waals surface area (Å²) in [6.07, 6.45) is 3.31. The van der Waals surface area contributed by atoms with Crippen LogP contribution in [0.15, 0.2) is 35.5 Å². The molecule has 0 unspecified atom stereocenters. The van der Waals surface area contributed by atoms with Crippen molar-refractivity contribution in [3.63, 3.8) is 0 Å². The number of carbonyl (C=O) groups excluding carboxylic acids is 1. The van der Waals surface area contributed by atoms with Crippen molar-refractivity contribution in [2.24, 2.45) is 7.05 Å². The number of benzene rings is 1. The number of hydrogen-bond donors (Lipinski definition) is 0. The van der Waals surface area contributed by atoms with Gasteiger partial charge in [-0.3, -0.25) is 18.8 Å². The highest BCUT2D eigenvalue weighted by Gasteiger charge is 2.22. The quantitative estimate of drug-likeness (QED) is 0.670. The summed E-state index contributed by atoms with van der Waals surface area (Å²) in [7, 11) is 1.75. The molecular weight excluding hydrogens is 368 g/mol. The third kappa shape index (κ3) is 3.62. The van der Waals surface area contributed by atoms with Crippen LogP contribution >= 0.6 is 0 Å². The van der Waals surface area contributed by atoms with Crippen LogP contribution in [0, 0.1) is 13.8 Å². The lowest BCUT2D eigenvalue weighted by molar-refractivity contribution is -0.131. The maximum atomic E-state index is 12.7. The second kappa shape index (κ2) is 7.69. The van der Waals surface area contributed by atoms with Gasteiger partial charge in [0.2, 0.25) is 5.91 Å². The van der Waals surface area contributed by atoms with Crippen molar-refractivity contribution in [1.82, 2.24) is 24.2 Å². The number of nitrogens with zero attached hydrogens (tertiary/aromatic N) is 6. The molecule has 1 amide bonds. The molecule has 8 heteroatoms. The molecule has 0 N–H and O–H groups in total. The summed E-state index contributed by atoms with van der Waals surface area (Å²) in [5, 5.41) is 4.55. The van der Waals surface area contributed by atoms with E-state index in [0.717, 1.165) is 13.1 Å². The van der Waals surface area contributed by atoms with E-state index >= 15 is 0 Å². The number of piperazine rings is 1. The van der Waals surface area contributed by atoms with Gasteiger partial charge in [-0.1, -0.05) is 12.1 Å². The molecule has 4 rings (SSSR count). The molecule has 3 heterocycles. The Morgan fingerprint density at radius 3 is 2.66 bits per heavy atom. The van der Waals surface area contributed by atoms with Gasteiger partial charge in [0.1, 0.15) is 5.39 Å². The van der Waals surface area contributed by atoms with Gasteiger partial charge in [0.15, 0.2) is 5.65 Å². The summed E-state index contributed by atoms with van der Waals surface area (Å²) in [5.74, 6) is 0.0730. The van der Waals surface area contributed by atoms with E-state index in [2.05, 4.69) is 47.0 Å². The van der Waals surface area contributed by atoms with Crippen molar-refractivity contribution in [3.8, 4) is 0 Å². The Morgan fingerprint density at radius 2 is 1.90 bits per heavy atom. The molecule has 0 atom stereocenters. The van der Waals surface area contributed by atoms with E-state index in [1.165, 1.54) is 33.9 Å². The smallest absolute Gasteiger partial charge is 0.264 e. The maximum Gasteiger partial charge on any atom is 0.264 e. The molecule has 8 nitrogen and oxygen atoms in total. The topological polar surface area (TPSA) is 76.3 Å². The van der Waals surface area contributed by atoms with Gasteiger partial charge in [0.05, 0.1) is 12.5 Å². The minimum atomic E-state index is -0.157. The number of aryl methyl sites for hydroxylation is 3. The number of carbonyl (C=O) groups is 1. The summed E-state index contributed by atoms with van der Waals surface area (Å²) in [6, 6.07) is 6.35. The minimum absolute atomic E-state index is 0.0730. The van der Waals surface area contributed by atoms with Gasteiger partial charge in [-0.05, 0) is 31.0 Å². The normalized spacial score (nSPS) is 14.6. The summed E-state index contributed by atoms with van der Waals surface area (Å²) in [6.45, 7) is 7.62. The van der Waals surface area contributed by atoms with Gasteiger partial charge in [-0.15, -0.1) is 0 Å². The zero-order chi connectivity index (χ0) is 20.5. The molecular formula is C21H26N6O2. The Balaban J connectivity index is 1.36. The summed E-state index contributed by atoms with van der Waals surface area (Å²) in [5.41, 5.74) is 4.23. The highest BCUT2D eigenvalue weighted by Crippen LogP contribution is 2.24. The van der Waals surface area contributed by atoms with Crippen LogP contribution < -0.4 is 10.5 Å². The van der Waals surface area contributed by atoms with Crippen LogP contribution in [0.2, 0.25) is 0 Å². The molecule has 0 bridgehead atoms. The van der Waals surface area contributed by atoms with E-state index in [4.69, 9.17) is 0 Å². The maximum absolute atomic E-state index is 12.7. The van der Waals surface area contributed by atoms with Crippen molar-refractivity contribution in [2.75, 3.05) is 31.1 Å². The van der Waals surface area contributed by atoms with Crippen molar-refractivity contribution < 1.29 is 4.79 Å². The van der Waals surface area contributed by atoms with E-state index in [-0.39, 0.29) is 17.9 Å². The van der Waals surface area contributed by atoms with Crippen LogP contribution in [-0.2, 0) is 18.4 Å². The predicted octanol–water partition coefficient (Wildman–Crippen LogP) is 1.49. The molecule has 1 saturated heterocycles. The number of fused-ring (bicyclic) bond motifs is 1. The third-order valence-electron chi connectivity index (χ3n) is 5.83. The van der Waals surface area contributed by atoms with E-state index in [0.29, 0.717) is 30.7 Å². The Morgan fingerprint density at radius 1 is 1.14 bits per heavy atom. The molecule has 29 heavy (non-hydrogen) atoms. The van der Waals surface area contributed by atoms with Gasteiger partial charge in [-0.25, -0.2) is 4.98 Å². The molecule has 0 radical (unpaired) electrons. The van der Waals surface area contributed by atoms with Crippen LogP contribution in [0.25, 0.3) is 11.0 Å². The fraction of sp³-hybridized carbons (Fsp3) is 0.429. The molecule has 0 spiro atoms. The predicted molar refractivity (Wildman–Crippen MR) is 112 cm³/mol. The fourth-order valence-corrected chi connectivity index (χ4v) is 3.88. The SMILES string of the molecule is Cc1cccc(N2CCN(C(=O)CCn3cnc4c(cnn4C)c3=O)CC2)c1C. The Kier molecular flexibility index (Phi) is 5.08. The second-order valence-corrected chi connectivity index (χ2v) is 7.59. The molecule has 1 aliphatic heterocycles. The number of rotatable bonds is 4. The molecule has 152 valence electrons. The first-order chi connectivity index (χ1) is 14.0. The van der Waals surface area contributed by atoms with Gasteiger partial charge in [0, 0.05) is 51.9 Å². The van der Waals surface area contributed by atoms with Crippen molar-refractivity contribution in [1.29, 1.82) is 0 Å². The Hall–Kier alpha value is -3.16. The first kappa shape index (κ1) is 19.2. The summed E-state index contributed by atoms with van der Waals surface area (Å²) in [4.78, 5) is 33.7. The monoisotopic (exact) mass is 394 g/mol. The Labute approximate surface area is 169 Å². The summed E-state index contributed by atoms with van der Waals surface area (Å²) < 4.78 is 3.07. The molecule has 1 fully saturated rings. The minimum Gasteiger partial charge on any atom is -0.368 e. The van der Waals surface area contributed by atoms with Crippen LogP contribution in [-0.4, -0.2) is 56.3 Å². The van der Waals surface area contributed by atoms with E-state index in [9.17, 15) is 9.59 Å². The summed E-state index contributed by atoms with van der Waals surface area (Å²) >= 11 is 0. The van der Waals surface area contributed by atoms with E-state index < -0.39 is 0 Å². The Bertz CT molecular complexity index is 1110. The van der Waals surface area contributed by atoms with Crippen molar-refractivity contribution in [3.05, 3.63) is 52.2 Å². The fourth-order valence-electron chi connectivity index (χ4n) is 3.88. The number of hydrogen-bond acceptors (Lipinski definition) is 5. The standard InChI is InChI=1S/C21H26N6O2/c1-15-5-4-6-18(16(15)2)25-9-11-26(12-10-25)19(28)7-8-27-14-22-20-17(21(27)29)13-23-24(20)3/h4-6,13-14H,7-12H2,1-3H3.